The maximum atomic E-state index is 13.3. The minimum absolute atomic E-state index is 0.209. The van der Waals surface area contributed by atoms with Crippen LogP contribution in [0.4, 0.5) is 10.1 Å². The molecule has 0 aromatic heterocycles. The van der Waals surface area contributed by atoms with Gasteiger partial charge in [-0.2, -0.15) is 0 Å². The lowest BCUT2D eigenvalue weighted by molar-refractivity contribution is -0.136. The first kappa shape index (κ1) is 15.1. The van der Waals surface area contributed by atoms with Gasteiger partial charge in [0.05, 0.1) is 12.6 Å². The summed E-state index contributed by atoms with van der Waals surface area (Å²) < 4.78 is 13.3. The van der Waals surface area contributed by atoms with E-state index in [4.69, 9.17) is 5.11 Å². The second-order valence-corrected chi connectivity index (χ2v) is 4.18. The third kappa shape index (κ3) is 4.33. The zero-order chi connectivity index (χ0) is 14.4. The molecule has 0 spiro atoms. The molecule has 0 bridgehead atoms. The number of aliphatic hydroxyl groups is 1. The van der Waals surface area contributed by atoms with Gasteiger partial charge in [-0.05, 0) is 31.0 Å². The number of amides is 2. The standard InChI is InChI=1S/C13H17FN2O3/c1-3-9(7-17)15-12(18)13(19)16-10-5-4-8(2)11(14)6-10/h4-6,9,17H,3,7H2,1-2H3,(H,15,18)(H,16,19)/t9-/m0/s1. The van der Waals surface area contributed by atoms with Crippen LogP contribution < -0.4 is 10.6 Å². The summed E-state index contributed by atoms with van der Waals surface area (Å²) in [6.07, 6.45) is 0.509. The molecule has 1 atom stereocenters. The summed E-state index contributed by atoms with van der Waals surface area (Å²) >= 11 is 0. The highest BCUT2D eigenvalue weighted by atomic mass is 19.1. The van der Waals surface area contributed by atoms with Gasteiger partial charge in [0.15, 0.2) is 0 Å². The second kappa shape index (κ2) is 6.84. The maximum absolute atomic E-state index is 13.3. The zero-order valence-electron chi connectivity index (χ0n) is 10.9. The van der Waals surface area contributed by atoms with E-state index in [1.807, 2.05) is 0 Å². The number of aliphatic hydroxyl groups excluding tert-OH is 1. The van der Waals surface area contributed by atoms with Crippen LogP contribution in [0.25, 0.3) is 0 Å². The van der Waals surface area contributed by atoms with Crippen LogP contribution in [0.5, 0.6) is 0 Å². The van der Waals surface area contributed by atoms with Crippen LogP contribution in [0.15, 0.2) is 18.2 Å². The van der Waals surface area contributed by atoms with E-state index in [9.17, 15) is 14.0 Å². The molecule has 6 heteroatoms. The summed E-state index contributed by atoms with van der Waals surface area (Å²) in [6, 6.07) is 3.69. The van der Waals surface area contributed by atoms with Crippen molar-refractivity contribution in [3.63, 3.8) is 0 Å². The molecule has 0 unspecified atom stereocenters. The molecule has 0 aliphatic carbocycles. The zero-order valence-corrected chi connectivity index (χ0v) is 10.9. The van der Waals surface area contributed by atoms with Gasteiger partial charge in [0, 0.05) is 5.69 Å². The quantitative estimate of drug-likeness (QED) is 0.712. The Morgan fingerprint density at radius 1 is 1.37 bits per heavy atom. The highest BCUT2D eigenvalue weighted by molar-refractivity contribution is 6.39. The highest BCUT2D eigenvalue weighted by Crippen LogP contribution is 2.13. The van der Waals surface area contributed by atoms with Crippen molar-refractivity contribution in [2.75, 3.05) is 11.9 Å². The van der Waals surface area contributed by atoms with E-state index in [0.29, 0.717) is 12.0 Å². The van der Waals surface area contributed by atoms with Gasteiger partial charge in [0.1, 0.15) is 5.82 Å². The van der Waals surface area contributed by atoms with E-state index in [0.717, 1.165) is 6.07 Å². The van der Waals surface area contributed by atoms with E-state index in [1.54, 1.807) is 13.8 Å². The fraction of sp³-hybridized carbons (Fsp3) is 0.385. The van der Waals surface area contributed by atoms with Gasteiger partial charge in [0.25, 0.3) is 0 Å². The topological polar surface area (TPSA) is 78.4 Å². The van der Waals surface area contributed by atoms with Crippen LogP contribution in [-0.4, -0.2) is 29.6 Å². The van der Waals surface area contributed by atoms with Crippen molar-refractivity contribution >= 4 is 17.5 Å². The molecule has 0 saturated carbocycles. The fourth-order valence-electron chi connectivity index (χ4n) is 1.39. The number of benzene rings is 1. The number of rotatable bonds is 4. The summed E-state index contributed by atoms with van der Waals surface area (Å²) in [5.41, 5.74) is 0.661. The molecule has 19 heavy (non-hydrogen) atoms. The Hall–Kier alpha value is -1.95. The van der Waals surface area contributed by atoms with Crippen molar-refractivity contribution in [3.8, 4) is 0 Å². The number of nitrogens with one attached hydrogen (secondary N) is 2. The average molecular weight is 268 g/mol. The summed E-state index contributed by atoms with van der Waals surface area (Å²) in [5.74, 6) is -2.21. The molecule has 0 saturated heterocycles. The molecule has 0 radical (unpaired) electrons. The van der Waals surface area contributed by atoms with Gasteiger partial charge in [-0.3, -0.25) is 9.59 Å². The van der Waals surface area contributed by atoms with E-state index in [-0.39, 0.29) is 12.3 Å². The molecule has 1 aromatic rings. The van der Waals surface area contributed by atoms with Gasteiger partial charge in [0.2, 0.25) is 0 Å². The lowest BCUT2D eigenvalue weighted by Crippen LogP contribution is -2.43. The molecule has 1 aromatic carbocycles. The Morgan fingerprint density at radius 3 is 2.58 bits per heavy atom. The number of halogens is 1. The Balaban J connectivity index is 2.63. The first-order chi connectivity index (χ1) is 8.97. The molecule has 0 fully saturated rings. The molecule has 0 aliphatic heterocycles. The van der Waals surface area contributed by atoms with Gasteiger partial charge in [-0.1, -0.05) is 13.0 Å². The van der Waals surface area contributed by atoms with Crippen LogP contribution >= 0.6 is 0 Å². The Morgan fingerprint density at radius 2 is 2.05 bits per heavy atom. The van der Waals surface area contributed by atoms with Crippen molar-refractivity contribution in [2.24, 2.45) is 0 Å². The van der Waals surface area contributed by atoms with Gasteiger partial charge >= 0.3 is 11.8 Å². The van der Waals surface area contributed by atoms with Crippen molar-refractivity contribution in [3.05, 3.63) is 29.6 Å². The van der Waals surface area contributed by atoms with Crippen molar-refractivity contribution in [1.29, 1.82) is 0 Å². The Bertz CT molecular complexity index is 473. The minimum Gasteiger partial charge on any atom is -0.394 e. The van der Waals surface area contributed by atoms with E-state index < -0.39 is 23.7 Å². The van der Waals surface area contributed by atoms with Crippen molar-refractivity contribution < 1.29 is 19.1 Å². The highest BCUT2D eigenvalue weighted by Gasteiger charge is 2.17. The number of anilines is 1. The summed E-state index contributed by atoms with van der Waals surface area (Å²) in [6.45, 7) is 3.13. The molecule has 3 N–H and O–H groups in total. The van der Waals surface area contributed by atoms with Gasteiger partial charge in [-0.15, -0.1) is 0 Å². The molecule has 0 heterocycles. The summed E-state index contributed by atoms with van der Waals surface area (Å²) in [5, 5.41) is 13.6. The maximum Gasteiger partial charge on any atom is 0.313 e. The predicted molar refractivity (Wildman–Crippen MR) is 69.1 cm³/mol. The van der Waals surface area contributed by atoms with E-state index in [1.165, 1.54) is 12.1 Å². The number of hydrogen-bond donors (Lipinski definition) is 3. The minimum atomic E-state index is -0.893. The van der Waals surface area contributed by atoms with Crippen LogP contribution in [0.1, 0.15) is 18.9 Å². The van der Waals surface area contributed by atoms with Gasteiger partial charge in [-0.25, -0.2) is 4.39 Å². The largest absolute Gasteiger partial charge is 0.394 e. The van der Waals surface area contributed by atoms with Crippen molar-refractivity contribution in [2.45, 2.75) is 26.3 Å². The molecule has 1 rings (SSSR count). The molecule has 2 amide bonds. The second-order valence-electron chi connectivity index (χ2n) is 4.18. The monoisotopic (exact) mass is 268 g/mol. The van der Waals surface area contributed by atoms with Gasteiger partial charge < -0.3 is 15.7 Å². The SMILES string of the molecule is CC[C@@H](CO)NC(=O)C(=O)Nc1ccc(C)c(F)c1. The first-order valence-corrected chi connectivity index (χ1v) is 5.96. The number of carbonyl (C=O) groups is 2. The number of hydrogen-bond acceptors (Lipinski definition) is 3. The average Bonchev–Trinajstić information content (AvgIpc) is 2.39. The predicted octanol–water partition coefficient (Wildman–Crippen LogP) is 0.960. The molecule has 5 nitrogen and oxygen atoms in total. The van der Waals surface area contributed by atoms with Crippen LogP contribution in [-0.2, 0) is 9.59 Å². The lowest BCUT2D eigenvalue weighted by atomic mass is 10.2. The first-order valence-electron chi connectivity index (χ1n) is 5.96. The third-order valence-corrected chi connectivity index (χ3v) is 2.68. The molecule has 104 valence electrons. The van der Waals surface area contributed by atoms with E-state index >= 15 is 0 Å². The van der Waals surface area contributed by atoms with Crippen LogP contribution in [0.2, 0.25) is 0 Å². The normalized spacial score (nSPS) is 11.8. The Labute approximate surface area is 110 Å². The summed E-state index contributed by atoms with van der Waals surface area (Å²) in [4.78, 5) is 23.0. The fourth-order valence-corrected chi connectivity index (χ4v) is 1.39. The lowest BCUT2D eigenvalue weighted by Gasteiger charge is -2.13. The number of aryl methyl sites for hydroxylation is 1. The molecular weight excluding hydrogens is 251 g/mol. The summed E-state index contributed by atoms with van der Waals surface area (Å²) in [7, 11) is 0. The molecule has 0 aliphatic rings. The van der Waals surface area contributed by atoms with Crippen LogP contribution in [0.3, 0.4) is 0 Å². The Kier molecular flexibility index (Phi) is 5.44. The number of carbonyl (C=O) groups excluding carboxylic acids is 2. The third-order valence-electron chi connectivity index (χ3n) is 2.68. The van der Waals surface area contributed by atoms with Crippen molar-refractivity contribution in [1.82, 2.24) is 5.32 Å². The smallest absolute Gasteiger partial charge is 0.313 e. The molecular formula is C13H17FN2O3. The van der Waals surface area contributed by atoms with E-state index in [2.05, 4.69) is 10.6 Å². The van der Waals surface area contributed by atoms with Crippen LogP contribution in [0, 0.1) is 12.7 Å².